The molecular formula is C13H18N2. The number of fused-ring (bicyclic) bond motifs is 1. The van der Waals surface area contributed by atoms with E-state index in [4.69, 9.17) is 5.73 Å². The van der Waals surface area contributed by atoms with Gasteiger partial charge in [-0.1, -0.05) is 19.1 Å². The summed E-state index contributed by atoms with van der Waals surface area (Å²) >= 11 is 0. The van der Waals surface area contributed by atoms with Crippen LogP contribution < -0.4 is 5.73 Å². The Morgan fingerprint density at radius 3 is 2.73 bits per heavy atom. The lowest BCUT2D eigenvalue weighted by Crippen LogP contribution is -2.09. The molecule has 15 heavy (non-hydrogen) atoms. The average Bonchev–Trinajstić information content (AvgIpc) is 2.52. The number of aromatic amines is 1. The molecule has 3 N–H and O–H groups in total. The first kappa shape index (κ1) is 10.2. The van der Waals surface area contributed by atoms with Gasteiger partial charge in [-0.2, -0.15) is 0 Å². The van der Waals surface area contributed by atoms with Crippen LogP contribution in [0.25, 0.3) is 10.9 Å². The molecule has 0 aliphatic rings. The minimum Gasteiger partial charge on any atom is -0.358 e. The van der Waals surface area contributed by atoms with Crippen LogP contribution in [-0.4, -0.2) is 11.5 Å². The Hall–Kier alpha value is -1.28. The van der Waals surface area contributed by atoms with Gasteiger partial charge in [-0.05, 0) is 43.5 Å². The van der Waals surface area contributed by atoms with E-state index in [2.05, 4.69) is 44.0 Å². The molecule has 0 aliphatic carbocycles. The topological polar surface area (TPSA) is 41.8 Å². The van der Waals surface area contributed by atoms with E-state index < -0.39 is 0 Å². The molecule has 2 aromatic rings. The number of H-pyrrole nitrogens is 1. The molecule has 1 aromatic carbocycles. The van der Waals surface area contributed by atoms with E-state index in [0.717, 1.165) is 0 Å². The number of hydrogen-bond acceptors (Lipinski definition) is 1. The van der Waals surface area contributed by atoms with Crippen LogP contribution in [0.5, 0.6) is 0 Å². The third kappa shape index (κ3) is 1.65. The fourth-order valence-electron chi connectivity index (χ4n) is 2.22. The van der Waals surface area contributed by atoms with Crippen molar-refractivity contribution in [1.29, 1.82) is 0 Å². The monoisotopic (exact) mass is 202 g/mol. The molecule has 0 aliphatic heterocycles. The van der Waals surface area contributed by atoms with Crippen molar-refractivity contribution in [3.05, 3.63) is 35.0 Å². The number of aryl methyl sites for hydroxylation is 2. The lowest BCUT2D eigenvalue weighted by Gasteiger charge is -2.08. The number of rotatable bonds is 2. The van der Waals surface area contributed by atoms with E-state index in [1.54, 1.807) is 0 Å². The zero-order valence-electron chi connectivity index (χ0n) is 9.59. The molecule has 0 fully saturated rings. The van der Waals surface area contributed by atoms with Crippen LogP contribution in [0.15, 0.2) is 18.2 Å². The number of benzene rings is 1. The molecule has 0 radical (unpaired) electrons. The molecule has 1 unspecified atom stereocenters. The smallest absolute Gasteiger partial charge is 0.0461 e. The van der Waals surface area contributed by atoms with Gasteiger partial charge in [0, 0.05) is 16.6 Å². The van der Waals surface area contributed by atoms with E-state index in [-0.39, 0.29) is 0 Å². The second kappa shape index (κ2) is 3.70. The van der Waals surface area contributed by atoms with Crippen LogP contribution in [-0.2, 0) is 0 Å². The summed E-state index contributed by atoms with van der Waals surface area (Å²) in [5.41, 5.74) is 10.9. The minimum absolute atomic E-state index is 0.418. The molecule has 1 atom stereocenters. The zero-order valence-corrected chi connectivity index (χ0v) is 9.59. The van der Waals surface area contributed by atoms with Crippen molar-refractivity contribution in [3.8, 4) is 0 Å². The summed E-state index contributed by atoms with van der Waals surface area (Å²) in [6.07, 6.45) is 0. The summed E-state index contributed by atoms with van der Waals surface area (Å²) in [6, 6.07) is 6.53. The van der Waals surface area contributed by atoms with Gasteiger partial charge in [0.05, 0.1) is 0 Å². The van der Waals surface area contributed by atoms with E-state index in [1.165, 1.54) is 27.7 Å². The van der Waals surface area contributed by atoms with E-state index >= 15 is 0 Å². The van der Waals surface area contributed by atoms with Crippen LogP contribution in [0.4, 0.5) is 0 Å². The molecular weight excluding hydrogens is 184 g/mol. The van der Waals surface area contributed by atoms with Crippen molar-refractivity contribution >= 4 is 10.9 Å². The summed E-state index contributed by atoms with van der Waals surface area (Å²) in [7, 11) is 0. The standard InChI is InChI=1S/C13H18N2/c1-8-4-5-11-12(6-8)15-10(3)13(11)9(2)7-14/h4-6,9,15H,7,14H2,1-3H3. The highest BCUT2D eigenvalue weighted by Gasteiger charge is 2.13. The van der Waals surface area contributed by atoms with E-state index in [9.17, 15) is 0 Å². The van der Waals surface area contributed by atoms with Crippen molar-refractivity contribution in [2.45, 2.75) is 26.7 Å². The molecule has 0 saturated carbocycles. The molecule has 1 aromatic heterocycles. The maximum atomic E-state index is 5.74. The van der Waals surface area contributed by atoms with Crippen molar-refractivity contribution in [1.82, 2.24) is 4.98 Å². The van der Waals surface area contributed by atoms with Gasteiger partial charge in [0.1, 0.15) is 0 Å². The Labute approximate surface area is 90.5 Å². The van der Waals surface area contributed by atoms with Crippen LogP contribution >= 0.6 is 0 Å². The molecule has 0 spiro atoms. The van der Waals surface area contributed by atoms with Crippen LogP contribution in [0.3, 0.4) is 0 Å². The second-order valence-electron chi connectivity index (χ2n) is 4.35. The minimum atomic E-state index is 0.418. The molecule has 2 nitrogen and oxygen atoms in total. The Kier molecular flexibility index (Phi) is 2.53. The first-order chi connectivity index (χ1) is 7.13. The Balaban J connectivity index is 2.68. The van der Waals surface area contributed by atoms with Gasteiger partial charge in [0.2, 0.25) is 0 Å². The van der Waals surface area contributed by atoms with Gasteiger partial charge in [-0.15, -0.1) is 0 Å². The van der Waals surface area contributed by atoms with Crippen LogP contribution in [0.2, 0.25) is 0 Å². The van der Waals surface area contributed by atoms with Gasteiger partial charge in [0.25, 0.3) is 0 Å². The van der Waals surface area contributed by atoms with Crippen molar-refractivity contribution in [2.75, 3.05) is 6.54 Å². The highest BCUT2D eigenvalue weighted by molar-refractivity contribution is 5.85. The normalized spacial score (nSPS) is 13.3. The van der Waals surface area contributed by atoms with E-state index in [0.29, 0.717) is 12.5 Å². The average molecular weight is 202 g/mol. The fraction of sp³-hybridized carbons (Fsp3) is 0.385. The first-order valence-corrected chi connectivity index (χ1v) is 5.42. The summed E-state index contributed by atoms with van der Waals surface area (Å²) < 4.78 is 0. The van der Waals surface area contributed by atoms with Crippen molar-refractivity contribution in [3.63, 3.8) is 0 Å². The predicted octanol–water partition coefficient (Wildman–Crippen LogP) is 2.85. The Morgan fingerprint density at radius 2 is 2.07 bits per heavy atom. The third-order valence-electron chi connectivity index (χ3n) is 3.04. The largest absolute Gasteiger partial charge is 0.358 e. The van der Waals surface area contributed by atoms with Gasteiger partial charge >= 0.3 is 0 Å². The summed E-state index contributed by atoms with van der Waals surface area (Å²) in [5, 5.41) is 1.32. The van der Waals surface area contributed by atoms with Gasteiger partial charge in [0.15, 0.2) is 0 Å². The maximum absolute atomic E-state index is 5.74. The Bertz CT molecular complexity index is 482. The molecule has 2 heteroatoms. The highest BCUT2D eigenvalue weighted by Crippen LogP contribution is 2.28. The molecule has 80 valence electrons. The molecule has 0 amide bonds. The number of aromatic nitrogens is 1. The first-order valence-electron chi connectivity index (χ1n) is 5.42. The highest BCUT2D eigenvalue weighted by atomic mass is 14.7. The van der Waals surface area contributed by atoms with Crippen LogP contribution in [0.1, 0.15) is 29.7 Å². The molecule has 2 rings (SSSR count). The molecule has 1 heterocycles. The summed E-state index contributed by atoms with van der Waals surface area (Å²) in [5.74, 6) is 0.418. The quantitative estimate of drug-likeness (QED) is 0.772. The fourth-order valence-corrected chi connectivity index (χ4v) is 2.22. The van der Waals surface area contributed by atoms with Crippen LogP contribution in [0, 0.1) is 13.8 Å². The van der Waals surface area contributed by atoms with Crippen molar-refractivity contribution in [2.24, 2.45) is 5.73 Å². The third-order valence-corrected chi connectivity index (χ3v) is 3.04. The SMILES string of the molecule is Cc1ccc2c(C(C)CN)c(C)[nH]c2c1. The van der Waals surface area contributed by atoms with Gasteiger partial charge in [-0.3, -0.25) is 0 Å². The second-order valence-corrected chi connectivity index (χ2v) is 4.35. The number of nitrogens with one attached hydrogen (secondary N) is 1. The predicted molar refractivity (Wildman–Crippen MR) is 65.2 cm³/mol. The van der Waals surface area contributed by atoms with Gasteiger partial charge < -0.3 is 10.7 Å². The van der Waals surface area contributed by atoms with Gasteiger partial charge in [-0.25, -0.2) is 0 Å². The summed E-state index contributed by atoms with van der Waals surface area (Å²) in [6.45, 7) is 7.11. The molecule has 0 saturated heterocycles. The van der Waals surface area contributed by atoms with E-state index in [1.807, 2.05) is 0 Å². The zero-order chi connectivity index (χ0) is 11.0. The van der Waals surface area contributed by atoms with Crippen molar-refractivity contribution < 1.29 is 0 Å². The Morgan fingerprint density at radius 1 is 1.33 bits per heavy atom. The number of nitrogens with two attached hydrogens (primary N) is 1. The lowest BCUT2D eigenvalue weighted by atomic mass is 9.98. The maximum Gasteiger partial charge on any atom is 0.0461 e. The lowest BCUT2D eigenvalue weighted by molar-refractivity contribution is 0.773. The summed E-state index contributed by atoms with van der Waals surface area (Å²) in [4.78, 5) is 3.43. The molecule has 0 bridgehead atoms. The number of hydrogen-bond donors (Lipinski definition) is 2.